The molecule has 0 fully saturated rings. The van der Waals surface area contributed by atoms with Gasteiger partial charge in [0.1, 0.15) is 0 Å². The lowest BCUT2D eigenvalue weighted by molar-refractivity contribution is 0.282. The number of anilines is 1. The highest BCUT2D eigenvalue weighted by Crippen LogP contribution is 2.23. The Morgan fingerprint density at radius 3 is 2.68 bits per heavy atom. The van der Waals surface area contributed by atoms with Crippen molar-refractivity contribution in [2.24, 2.45) is 0 Å². The van der Waals surface area contributed by atoms with Crippen molar-refractivity contribution < 1.29 is 5.11 Å². The standard InChI is InChI=1S/C17H16ClN3O/c18-16-7-6-13(12-22)10-17(16)19-11-14-8-9-21(20-14)15-4-2-1-3-5-15/h1-10,19,22H,11-12H2. The number of nitrogens with zero attached hydrogens (tertiary/aromatic N) is 2. The molecule has 3 aromatic rings. The molecule has 3 rings (SSSR count). The van der Waals surface area contributed by atoms with Crippen molar-refractivity contribution in [3.05, 3.63) is 77.1 Å². The Labute approximate surface area is 134 Å². The Hall–Kier alpha value is -2.30. The Bertz CT molecular complexity index is 756. The van der Waals surface area contributed by atoms with Crippen molar-refractivity contribution in [3.63, 3.8) is 0 Å². The fraction of sp³-hybridized carbons (Fsp3) is 0.118. The summed E-state index contributed by atoms with van der Waals surface area (Å²) in [6, 6.07) is 17.3. The minimum Gasteiger partial charge on any atom is -0.392 e. The van der Waals surface area contributed by atoms with Gasteiger partial charge in [-0.05, 0) is 35.9 Å². The number of aliphatic hydroxyl groups excluding tert-OH is 1. The molecule has 0 unspecified atom stereocenters. The number of hydrogen-bond donors (Lipinski definition) is 2. The molecule has 0 saturated heterocycles. The van der Waals surface area contributed by atoms with Gasteiger partial charge in [-0.2, -0.15) is 5.10 Å². The van der Waals surface area contributed by atoms with Crippen molar-refractivity contribution in [1.82, 2.24) is 9.78 Å². The smallest absolute Gasteiger partial charge is 0.0819 e. The van der Waals surface area contributed by atoms with Crippen LogP contribution < -0.4 is 5.32 Å². The minimum atomic E-state index is -0.00547. The van der Waals surface area contributed by atoms with Crippen LogP contribution in [0, 0.1) is 0 Å². The van der Waals surface area contributed by atoms with Crippen LogP contribution in [0.25, 0.3) is 5.69 Å². The van der Waals surface area contributed by atoms with E-state index in [-0.39, 0.29) is 6.61 Å². The van der Waals surface area contributed by atoms with Crippen molar-refractivity contribution >= 4 is 17.3 Å². The molecular weight excluding hydrogens is 298 g/mol. The minimum absolute atomic E-state index is 0.00547. The van der Waals surface area contributed by atoms with Crippen molar-refractivity contribution in [3.8, 4) is 5.69 Å². The third-order valence-electron chi connectivity index (χ3n) is 3.34. The zero-order chi connectivity index (χ0) is 15.4. The molecule has 0 bridgehead atoms. The van der Waals surface area contributed by atoms with Gasteiger partial charge in [-0.15, -0.1) is 0 Å². The van der Waals surface area contributed by atoms with Gasteiger partial charge in [0.05, 0.1) is 35.2 Å². The van der Waals surface area contributed by atoms with Crippen LogP contribution >= 0.6 is 11.6 Å². The van der Waals surface area contributed by atoms with Crippen molar-refractivity contribution in [2.45, 2.75) is 13.2 Å². The van der Waals surface area contributed by atoms with E-state index in [1.54, 1.807) is 12.1 Å². The Morgan fingerprint density at radius 1 is 1.09 bits per heavy atom. The first kappa shape index (κ1) is 14.6. The van der Waals surface area contributed by atoms with Gasteiger partial charge in [-0.3, -0.25) is 0 Å². The maximum atomic E-state index is 9.18. The van der Waals surface area contributed by atoms with E-state index in [0.717, 1.165) is 22.6 Å². The zero-order valence-corrected chi connectivity index (χ0v) is 12.7. The lowest BCUT2D eigenvalue weighted by Gasteiger charge is -2.08. The maximum Gasteiger partial charge on any atom is 0.0819 e. The number of aliphatic hydroxyl groups is 1. The summed E-state index contributed by atoms with van der Waals surface area (Å²) >= 11 is 6.15. The fourth-order valence-electron chi connectivity index (χ4n) is 2.17. The van der Waals surface area contributed by atoms with Gasteiger partial charge in [0.25, 0.3) is 0 Å². The molecule has 5 heteroatoms. The molecule has 2 N–H and O–H groups in total. The summed E-state index contributed by atoms with van der Waals surface area (Å²) in [6.45, 7) is 0.558. The lowest BCUT2D eigenvalue weighted by atomic mass is 10.2. The summed E-state index contributed by atoms with van der Waals surface area (Å²) < 4.78 is 1.84. The average molecular weight is 314 g/mol. The van der Waals surface area contributed by atoms with Crippen LogP contribution in [0.2, 0.25) is 5.02 Å². The summed E-state index contributed by atoms with van der Waals surface area (Å²) in [6.07, 6.45) is 1.93. The summed E-state index contributed by atoms with van der Waals surface area (Å²) in [7, 11) is 0. The number of hydrogen-bond acceptors (Lipinski definition) is 3. The monoisotopic (exact) mass is 313 g/mol. The molecule has 112 valence electrons. The fourth-order valence-corrected chi connectivity index (χ4v) is 2.36. The Kier molecular flexibility index (Phi) is 4.42. The van der Waals surface area contributed by atoms with Gasteiger partial charge < -0.3 is 10.4 Å². The zero-order valence-electron chi connectivity index (χ0n) is 11.9. The molecule has 1 aromatic heterocycles. The Morgan fingerprint density at radius 2 is 1.91 bits per heavy atom. The van der Waals surface area contributed by atoms with E-state index >= 15 is 0 Å². The number of para-hydroxylation sites is 1. The molecule has 0 radical (unpaired) electrons. The van der Waals surface area contributed by atoms with E-state index < -0.39 is 0 Å². The number of benzene rings is 2. The number of nitrogens with one attached hydrogen (secondary N) is 1. The number of rotatable bonds is 5. The SMILES string of the molecule is OCc1ccc(Cl)c(NCc2ccn(-c3ccccc3)n2)c1. The number of aromatic nitrogens is 2. The van der Waals surface area contributed by atoms with Gasteiger partial charge in [-0.25, -0.2) is 4.68 Å². The van der Waals surface area contributed by atoms with Crippen molar-refractivity contribution in [2.75, 3.05) is 5.32 Å². The molecule has 0 atom stereocenters. The highest BCUT2D eigenvalue weighted by Gasteiger charge is 2.04. The molecule has 1 heterocycles. The van der Waals surface area contributed by atoms with E-state index in [1.165, 1.54) is 0 Å². The second kappa shape index (κ2) is 6.64. The molecule has 0 aliphatic rings. The van der Waals surface area contributed by atoms with E-state index in [4.69, 9.17) is 11.6 Å². The molecule has 0 aliphatic carbocycles. The predicted octanol–water partition coefficient (Wildman–Crippen LogP) is 3.63. The van der Waals surface area contributed by atoms with Crippen molar-refractivity contribution in [1.29, 1.82) is 0 Å². The molecule has 0 amide bonds. The third kappa shape index (κ3) is 3.30. The molecule has 2 aromatic carbocycles. The third-order valence-corrected chi connectivity index (χ3v) is 3.67. The molecule has 0 spiro atoms. The van der Waals surface area contributed by atoms with Gasteiger partial charge in [0.15, 0.2) is 0 Å². The van der Waals surface area contributed by atoms with E-state index in [2.05, 4.69) is 10.4 Å². The quantitative estimate of drug-likeness (QED) is 0.756. The molecule has 0 saturated carbocycles. The Balaban J connectivity index is 1.71. The largest absolute Gasteiger partial charge is 0.392 e. The van der Waals surface area contributed by atoms with Crippen LogP contribution in [-0.4, -0.2) is 14.9 Å². The van der Waals surface area contributed by atoms with Gasteiger partial charge in [-0.1, -0.05) is 35.9 Å². The first-order valence-corrected chi connectivity index (χ1v) is 7.37. The highest BCUT2D eigenvalue weighted by atomic mass is 35.5. The van der Waals surface area contributed by atoms with Crippen LogP contribution in [0.4, 0.5) is 5.69 Å². The van der Waals surface area contributed by atoms with Gasteiger partial charge in [0, 0.05) is 6.20 Å². The molecule has 0 aliphatic heterocycles. The first-order chi connectivity index (χ1) is 10.8. The van der Waals surface area contributed by atoms with Gasteiger partial charge >= 0.3 is 0 Å². The summed E-state index contributed by atoms with van der Waals surface area (Å²) in [5.74, 6) is 0. The van der Waals surface area contributed by atoms with Crippen LogP contribution in [-0.2, 0) is 13.2 Å². The first-order valence-electron chi connectivity index (χ1n) is 6.99. The number of halogens is 1. The average Bonchev–Trinajstić information content (AvgIpc) is 3.04. The second-order valence-corrected chi connectivity index (χ2v) is 5.32. The predicted molar refractivity (Wildman–Crippen MR) is 88.3 cm³/mol. The van der Waals surface area contributed by atoms with Crippen LogP contribution in [0.1, 0.15) is 11.3 Å². The summed E-state index contributed by atoms with van der Waals surface area (Å²) in [5, 5.41) is 17.6. The van der Waals surface area contributed by atoms with E-state index in [1.807, 2.05) is 53.3 Å². The molecular formula is C17H16ClN3O. The van der Waals surface area contributed by atoms with Crippen LogP contribution in [0.5, 0.6) is 0 Å². The topological polar surface area (TPSA) is 50.1 Å². The highest BCUT2D eigenvalue weighted by molar-refractivity contribution is 6.33. The summed E-state index contributed by atoms with van der Waals surface area (Å²) in [5.41, 5.74) is 3.55. The maximum absolute atomic E-state index is 9.18. The molecule has 22 heavy (non-hydrogen) atoms. The van der Waals surface area contributed by atoms with E-state index in [9.17, 15) is 5.11 Å². The van der Waals surface area contributed by atoms with Crippen LogP contribution in [0.3, 0.4) is 0 Å². The second-order valence-electron chi connectivity index (χ2n) is 4.91. The van der Waals surface area contributed by atoms with Crippen LogP contribution in [0.15, 0.2) is 60.8 Å². The van der Waals surface area contributed by atoms with E-state index in [0.29, 0.717) is 11.6 Å². The van der Waals surface area contributed by atoms with Gasteiger partial charge in [0.2, 0.25) is 0 Å². The lowest BCUT2D eigenvalue weighted by Crippen LogP contribution is -2.03. The normalized spacial score (nSPS) is 10.6. The summed E-state index contributed by atoms with van der Waals surface area (Å²) in [4.78, 5) is 0. The molecule has 4 nitrogen and oxygen atoms in total.